The minimum atomic E-state index is -0.569. The molecule has 3 aromatic carbocycles. The fourth-order valence-corrected chi connectivity index (χ4v) is 5.75. The minimum absolute atomic E-state index is 0.0232. The zero-order valence-corrected chi connectivity index (χ0v) is 28.5. The van der Waals surface area contributed by atoms with Crippen LogP contribution in [-0.2, 0) is 40.2 Å². The van der Waals surface area contributed by atoms with Crippen molar-refractivity contribution in [3.05, 3.63) is 105 Å². The van der Waals surface area contributed by atoms with Crippen LogP contribution in [0.5, 0.6) is 0 Å². The molecule has 0 aliphatic carbocycles. The molecule has 0 radical (unpaired) electrons. The summed E-state index contributed by atoms with van der Waals surface area (Å²) in [6.45, 7) is 8.72. The van der Waals surface area contributed by atoms with Crippen LogP contribution in [0.1, 0.15) is 45.9 Å². The summed E-state index contributed by atoms with van der Waals surface area (Å²) < 4.78 is 46.5. The number of nitrogens with one attached hydrogen (secondary N) is 1. The van der Waals surface area contributed by atoms with Gasteiger partial charge in [0.05, 0.1) is 44.1 Å². The monoisotopic (exact) mass is 659 g/mol. The van der Waals surface area contributed by atoms with Crippen LogP contribution < -0.4 is 11.1 Å². The highest BCUT2D eigenvalue weighted by Crippen LogP contribution is 2.27. The van der Waals surface area contributed by atoms with E-state index in [0.29, 0.717) is 82.3 Å². The highest BCUT2D eigenvalue weighted by Gasteiger charge is 2.34. The van der Waals surface area contributed by atoms with Gasteiger partial charge in [0, 0.05) is 52.1 Å². The molecule has 0 bridgehead atoms. The van der Waals surface area contributed by atoms with E-state index < -0.39 is 11.4 Å². The number of anilines is 1. The van der Waals surface area contributed by atoms with E-state index in [4.69, 9.17) is 19.9 Å². The standard InChI is InChI=1S/C38H47F2N5O3/c1-5-45(15-14-44-33-19-30(35(21-41)37(40)20-33)12-16-47-24-38(42)25-48-26-38)22-28-9-10-31(36(39)17-28)18-29(11-13-43-3)34-8-6-7-32(23-46-4)27(34)2/h6-11,13,17,19-20,44H,5,12,14-16,18,22-26,42H2,1-4H3/b29-11-,43-13?. The van der Waals surface area contributed by atoms with Gasteiger partial charge in [-0.3, -0.25) is 9.89 Å². The lowest BCUT2D eigenvalue weighted by Gasteiger charge is -2.37. The van der Waals surface area contributed by atoms with Gasteiger partial charge in [-0.05, 0) is 83.1 Å². The van der Waals surface area contributed by atoms with Crippen molar-refractivity contribution in [1.29, 1.82) is 5.26 Å². The first-order valence-corrected chi connectivity index (χ1v) is 16.3. The molecule has 256 valence electrons. The Morgan fingerprint density at radius 1 is 1.15 bits per heavy atom. The van der Waals surface area contributed by atoms with E-state index >= 15 is 4.39 Å². The van der Waals surface area contributed by atoms with Crippen molar-refractivity contribution in [3.8, 4) is 6.07 Å². The molecule has 4 rings (SSSR count). The van der Waals surface area contributed by atoms with Gasteiger partial charge >= 0.3 is 0 Å². The van der Waals surface area contributed by atoms with Crippen molar-refractivity contribution in [1.82, 2.24) is 4.90 Å². The molecule has 1 saturated heterocycles. The molecule has 0 unspecified atom stereocenters. The highest BCUT2D eigenvalue weighted by atomic mass is 19.1. The second-order valence-corrected chi connectivity index (χ2v) is 12.3. The number of hydrogen-bond donors (Lipinski definition) is 2. The molecule has 10 heteroatoms. The van der Waals surface area contributed by atoms with Crippen LogP contribution in [0.25, 0.3) is 5.57 Å². The molecule has 0 amide bonds. The Bertz CT molecular complexity index is 1630. The van der Waals surface area contributed by atoms with E-state index in [1.165, 1.54) is 6.07 Å². The number of allylic oxidation sites excluding steroid dienone is 2. The summed E-state index contributed by atoms with van der Waals surface area (Å²) in [6, 6.07) is 16.6. The minimum Gasteiger partial charge on any atom is -0.384 e. The van der Waals surface area contributed by atoms with E-state index in [-0.39, 0.29) is 11.4 Å². The van der Waals surface area contributed by atoms with Crippen LogP contribution >= 0.6 is 0 Å². The fraction of sp³-hybridized carbons (Fsp3) is 0.421. The van der Waals surface area contributed by atoms with Crippen LogP contribution in [0, 0.1) is 29.9 Å². The first-order chi connectivity index (χ1) is 23.2. The number of nitriles is 1. The fourth-order valence-electron chi connectivity index (χ4n) is 5.75. The van der Waals surface area contributed by atoms with E-state index in [9.17, 15) is 9.65 Å². The zero-order valence-electron chi connectivity index (χ0n) is 28.5. The van der Waals surface area contributed by atoms with Crippen LogP contribution in [0.15, 0.2) is 59.6 Å². The van der Waals surface area contributed by atoms with E-state index in [1.807, 2.05) is 42.5 Å². The van der Waals surface area contributed by atoms with Gasteiger partial charge in [-0.2, -0.15) is 5.26 Å². The third-order valence-electron chi connectivity index (χ3n) is 8.59. The molecule has 3 N–H and O–H groups in total. The SMILES string of the molecule is CCN(CCNc1cc(F)c(C#N)c(CCOCC2(N)COC2)c1)Cc1ccc(C/C(=C/C=NC)c2cccc(COC)c2C)c(F)c1. The molecular weight excluding hydrogens is 612 g/mol. The normalized spacial score (nSPS) is 14.4. The number of ether oxygens (including phenoxy) is 3. The lowest BCUT2D eigenvalue weighted by atomic mass is 9.91. The van der Waals surface area contributed by atoms with Crippen molar-refractivity contribution in [2.75, 3.05) is 65.5 Å². The first-order valence-electron chi connectivity index (χ1n) is 16.3. The molecule has 8 nitrogen and oxygen atoms in total. The highest BCUT2D eigenvalue weighted by molar-refractivity contribution is 5.86. The van der Waals surface area contributed by atoms with Crippen molar-refractivity contribution in [2.45, 2.75) is 45.4 Å². The second-order valence-electron chi connectivity index (χ2n) is 12.3. The van der Waals surface area contributed by atoms with Gasteiger partial charge in [0.2, 0.25) is 0 Å². The van der Waals surface area contributed by atoms with Gasteiger partial charge in [-0.1, -0.05) is 37.3 Å². The number of rotatable bonds is 18. The van der Waals surface area contributed by atoms with Gasteiger partial charge in [0.25, 0.3) is 0 Å². The summed E-state index contributed by atoms with van der Waals surface area (Å²) in [5.41, 5.74) is 12.5. The van der Waals surface area contributed by atoms with E-state index in [1.54, 1.807) is 32.5 Å². The van der Waals surface area contributed by atoms with Crippen LogP contribution in [0.4, 0.5) is 14.5 Å². The Morgan fingerprint density at radius 3 is 2.62 bits per heavy atom. The molecule has 0 spiro atoms. The number of nitrogens with zero attached hydrogens (tertiary/aromatic N) is 3. The summed E-state index contributed by atoms with van der Waals surface area (Å²) in [6.07, 6.45) is 4.49. The molecule has 0 atom stereocenters. The summed E-state index contributed by atoms with van der Waals surface area (Å²) in [4.78, 5) is 6.31. The molecule has 3 aromatic rings. The van der Waals surface area contributed by atoms with Crippen LogP contribution in [-0.4, -0.2) is 76.9 Å². The molecule has 48 heavy (non-hydrogen) atoms. The zero-order chi connectivity index (χ0) is 34.5. The predicted molar refractivity (Wildman–Crippen MR) is 187 cm³/mol. The first kappa shape index (κ1) is 36.8. The van der Waals surface area contributed by atoms with Gasteiger partial charge in [0.1, 0.15) is 17.7 Å². The van der Waals surface area contributed by atoms with Gasteiger partial charge in [-0.25, -0.2) is 8.78 Å². The van der Waals surface area contributed by atoms with Gasteiger partial charge < -0.3 is 25.3 Å². The largest absolute Gasteiger partial charge is 0.384 e. The van der Waals surface area contributed by atoms with Crippen LogP contribution in [0.2, 0.25) is 0 Å². The number of nitrogens with two attached hydrogens (primary N) is 1. The molecule has 1 heterocycles. The molecule has 1 fully saturated rings. The molecule has 1 aliphatic rings. The maximum atomic E-state index is 15.5. The van der Waals surface area contributed by atoms with Crippen molar-refractivity contribution >= 4 is 17.5 Å². The second kappa shape index (κ2) is 18.0. The van der Waals surface area contributed by atoms with Crippen molar-refractivity contribution in [2.24, 2.45) is 10.7 Å². The Labute approximate surface area is 283 Å². The molecule has 0 aromatic heterocycles. The van der Waals surface area contributed by atoms with Gasteiger partial charge in [0.15, 0.2) is 0 Å². The number of likely N-dealkylation sites (N-methyl/N-ethyl adjacent to an activating group) is 1. The Morgan fingerprint density at radius 2 is 1.96 bits per heavy atom. The number of halogens is 2. The summed E-state index contributed by atoms with van der Waals surface area (Å²) in [5, 5.41) is 12.8. The third-order valence-corrected chi connectivity index (χ3v) is 8.59. The molecule has 1 aliphatic heterocycles. The maximum absolute atomic E-state index is 15.5. The Kier molecular flexibility index (Phi) is 13.8. The number of methoxy groups -OCH3 is 1. The Balaban J connectivity index is 1.35. The predicted octanol–water partition coefficient (Wildman–Crippen LogP) is 5.84. The lowest BCUT2D eigenvalue weighted by molar-refractivity contribution is -0.0910. The average Bonchev–Trinajstić information content (AvgIpc) is 3.05. The number of benzene rings is 3. The maximum Gasteiger partial charge on any atom is 0.143 e. The number of aliphatic imine (C=N–C) groups is 1. The summed E-state index contributed by atoms with van der Waals surface area (Å²) in [5.74, 6) is -0.820. The summed E-state index contributed by atoms with van der Waals surface area (Å²) >= 11 is 0. The summed E-state index contributed by atoms with van der Waals surface area (Å²) in [7, 11) is 3.39. The van der Waals surface area contributed by atoms with E-state index in [0.717, 1.165) is 34.4 Å². The smallest absolute Gasteiger partial charge is 0.143 e. The average molecular weight is 660 g/mol. The lowest BCUT2D eigenvalue weighted by Crippen LogP contribution is -2.60. The van der Waals surface area contributed by atoms with Crippen molar-refractivity contribution < 1.29 is 23.0 Å². The van der Waals surface area contributed by atoms with Crippen molar-refractivity contribution in [3.63, 3.8) is 0 Å². The third kappa shape index (κ3) is 10.0. The topological polar surface area (TPSA) is 105 Å². The molecule has 0 saturated carbocycles. The van der Waals surface area contributed by atoms with E-state index in [2.05, 4.69) is 29.1 Å². The van der Waals surface area contributed by atoms with Crippen LogP contribution in [0.3, 0.4) is 0 Å². The molecular formula is C38H47F2N5O3. The quantitative estimate of drug-likeness (QED) is 0.131. The van der Waals surface area contributed by atoms with Gasteiger partial charge in [-0.15, -0.1) is 0 Å². The number of hydrogen-bond acceptors (Lipinski definition) is 8. The Hall–Kier alpha value is -3.98.